The maximum Gasteiger partial charge on any atom is 0.239 e. The zero-order chi connectivity index (χ0) is 19.2. The van der Waals surface area contributed by atoms with Crippen molar-refractivity contribution in [2.24, 2.45) is 5.92 Å². The first-order valence-corrected chi connectivity index (χ1v) is 10.4. The molecule has 2 heterocycles. The fraction of sp³-hybridized carbons (Fsp3) is 0.636. The lowest BCUT2D eigenvalue weighted by molar-refractivity contribution is -0.139. The maximum atomic E-state index is 12.8. The summed E-state index contributed by atoms with van der Waals surface area (Å²) in [6, 6.07) is 9.95. The second-order valence-corrected chi connectivity index (χ2v) is 8.05. The van der Waals surface area contributed by atoms with Gasteiger partial charge in [-0.2, -0.15) is 0 Å². The van der Waals surface area contributed by atoms with Crippen LogP contribution < -0.4 is 0 Å². The van der Waals surface area contributed by atoms with Crippen LogP contribution in [0.4, 0.5) is 0 Å². The van der Waals surface area contributed by atoms with Crippen LogP contribution in [0.2, 0.25) is 0 Å². The minimum Gasteiger partial charge on any atom is -0.342 e. The van der Waals surface area contributed by atoms with Crippen LogP contribution in [0.3, 0.4) is 0 Å². The number of nitrogens with zero attached hydrogens (tertiary/aromatic N) is 3. The van der Waals surface area contributed by atoms with E-state index in [-0.39, 0.29) is 17.9 Å². The Kier molecular flexibility index (Phi) is 6.89. The number of likely N-dealkylation sites (N-methyl/N-ethyl adjacent to an activating group) is 1. The normalized spacial score (nSPS) is 20.3. The molecular formula is C22H33N3O2. The zero-order valence-corrected chi connectivity index (χ0v) is 16.8. The second-order valence-electron chi connectivity index (χ2n) is 8.05. The van der Waals surface area contributed by atoms with E-state index in [0.717, 1.165) is 57.4 Å². The number of benzene rings is 1. The highest BCUT2D eigenvalue weighted by Crippen LogP contribution is 2.23. The van der Waals surface area contributed by atoms with Crippen molar-refractivity contribution in [2.75, 3.05) is 33.2 Å². The topological polar surface area (TPSA) is 43.9 Å². The molecule has 0 spiro atoms. The van der Waals surface area contributed by atoms with E-state index in [1.165, 1.54) is 6.42 Å². The summed E-state index contributed by atoms with van der Waals surface area (Å²) in [4.78, 5) is 31.6. The molecule has 1 aromatic carbocycles. The van der Waals surface area contributed by atoms with Crippen LogP contribution in [0.15, 0.2) is 30.3 Å². The molecule has 0 saturated carbocycles. The van der Waals surface area contributed by atoms with Crippen molar-refractivity contribution in [3.05, 3.63) is 35.9 Å². The molecule has 148 valence electrons. The third kappa shape index (κ3) is 5.10. The highest BCUT2D eigenvalue weighted by Gasteiger charge is 2.32. The third-order valence-electron chi connectivity index (χ3n) is 6.09. The summed E-state index contributed by atoms with van der Waals surface area (Å²) in [5, 5.41) is 0. The molecule has 27 heavy (non-hydrogen) atoms. The third-order valence-corrected chi connectivity index (χ3v) is 6.09. The van der Waals surface area contributed by atoms with Crippen LogP contribution in [-0.2, 0) is 16.1 Å². The van der Waals surface area contributed by atoms with Gasteiger partial charge in [-0.25, -0.2) is 0 Å². The van der Waals surface area contributed by atoms with Gasteiger partial charge in [0.1, 0.15) is 0 Å². The van der Waals surface area contributed by atoms with Crippen LogP contribution in [0.5, 0.6) is 0 Å². The summed E-state index contributed by atoms with van der Waals surface area (Å²) < 4.78 is 0. The second kappa shape index (κ2) is 9.36. The molecule has 2 aliphatic heterocycles. The van der Waals surface area contributed by atoms with Gasteiger partial charge in [-0.3, -0.25) is 14.5 Å². The Morgan fingerprint density at radius 1 is 1.04 bits per heavy atom. The van der Waals surface area contributed by atoms with Gasteiger partial charge in [-0.15, -0.1) is 0 Å². The number of piperidine rings is 2. The van der Waals surface area contributed by atoms with E-state index in [1.54, 1.807) is 0 Å². The Balaban J connectivity index is 1.48. The number of carbonyl (C=O) groups excluding carboxylic acids is 2. The van der Waals surface area contributed by atoms with E-state index < -0.39 is 0 Å². The van der Waals surface area contributed by atoms with Gasteiger partial charge in [0.05, 0.1) is 6.04 Å². The Morgan fingerprint density at radius 3 is 2.30 bits per heavy atom. The van der Waals surface area contributed by atoms with Gasteiger partial charge in [0, 0.05) is 32.6 Å². The van der Waals surface area contributed by atoms with E-state index in [4.69, 9.17) is 0 Å². The lowest BCUT2D eigenvalue weighted by Gasteiger charge is -2.38. The Morgan fingerprint density at radius 2 is 1.67 bits per heavy atom. The lowest BCUT2D eigenvalue weighted by atomic mass is 9.93. The Labute approximate surface area is 163 Å². The molecule has 3 rings (SSSR count). The molecule has 2 fully saturated rings. The SMILES string of the molecule is CC(C(=O)N(C)Cc1ccccc1)N1CCC(C(=O)N2CCCCC2)CC1. The molecule has 0 radical (unpaired) electrons. The first-order chi connectivity index (χ1) is 13.1. The van der Waals surface area contributed by atoms with Gasteiger partial charge in [-0.1, -0.05) is 30.3 Å². The van der Waals surface area contributed by atoms with Crippen LogP contribution in [-0.4, -0.2) is 65.8 Å². The van der Waals surface area contributed by atoms with Crippen molar-refractivity contribution in [3.8, 4) is 0 Å². The molecule has 0 bridgehead atoms. The van der Waals surface area contributed by atoms with Gasteiger partial charge in [-0.05, 0) is 57.7 Å². The van der Waals surface area contributed by atoms with Crippen molar-refractivity contribution in [1.82, 2.24) is 14.7 Å². The molecule has 5 nitrogen and oxygen atoms in total. The minimum absolute atomic E-state index is 0.134. The van der Waals surface area contributed by atoms with E-state index in [9.17, 15) is 9.59 Å². The Hall–Kier alpha value is -1.88. The summed E-state index contributed by atoms with van der Waals surface area (Å²) in [7, 11) is 1.87. The molecule has 0 N–H and O–H groups in total. The first-order valence-electron chi connectivity index (χ1n) is 10.4. The van der Waals surface area contributed by atoms with Gasteiger partial charge < -0.3 is 9.80 Å². The van der Waals surface area contributed by atoms with Crippen molar-refractivity contribution >= 4 is 11.8 Å². The molecule has 2 aliphatic rings. The minimum atomic E-state index is -0.134. The monoisotopic (exact) mass is 371 g/mol. The summed E-state index contributed by atoms with van der Waals surface area (Å²) in [6.07, 6.45) is 5.27. The zero-order valence-electron chi connectivity index (χ0n) is 16.8. The molecule has 1 atom stereocenters. The maximum absolute atomic E-state index is 12.8. The number of hydrogen-bond donors (Lipinski definition) is 0. The molecule has 0 aromatic heterocycles. The van der Waals surface area contributed by atoms with Crippen molar-refractivity contribution in [2.45, 2.75) is 51.6 Å². The molecule has 0 aliphatic carbocycles. The summed E-state index contributed by atoms with van der Waals surface area (Å²) in [6.45, 7) is 6.15. The van der Waals surface area contributed by atoms with E-state index in [0.29, 0.717) is 12.5 Å². The van der Waals surface area contributed by atoms with E-state index in [2.05, 4.69) is 9.80 Å². The molecule has 1 unspecified atom stereocenters. The molecule has 2 amide bonds. The molecule has 2 saturated heterocycles. The summed E-state index contributed by atoms with van der Waals surface area (Å²) >= 11 is 0. The largest absolute Gasteiger partial charge is 0.342 e. The number of amides is 2. The molecule has 1 aromatic rings. The standard InChI is InChI=1S/C22H33N3O2/c1-18(21(26)23(2)17-19-9-5-3-6-10-19)24-15-11-20(12-16-24)22(27)25-13-7-4-8-14-25/h3,5-6,9-10,18,20H,4,7-8,11-17H2,1-2H3. The summed E-state index contributed by atoms with van der Waals surface area (Å²) in [5.74, 6) is 0.637. The molecule has 5 heteroatoms. The van der Waals surface area contributed by atoms with Crippen molar-refractivity contribution in [1.29, 1.82) is 0 Å². The van der Waals surface area contributed by atoms with Crippen LogP contribution in [0.1, 0.15) is 44.6 Å². The fourth-order valence-corrected chi connectivity index (χ4v) is 4.32. The quantitative estimate of drug-likeness (QED) is 0.799. The number of carbonyl (C=O) groups is 2. The van der Waals surface area contributed by atoms with Gasteiger partial charge in [0.2, 0.25) is 11.8 Å². The molecular weight excluding hydrogens is 338 g/mol. The highest BCUT2D eigenvalue weighted by atomic mass is 16.2. The van der Waals surface area contributed by atoms with Gasteiger partial charge in [0.15, 0.2) is 0 Å². The first kappa shape index (κ1) is 19.9. The van der Waals surface area contributed by atoms with Gasteiger partial charge in [0.25, 0.3) is 0 Å². The summed E-state index contributed by atoms with van der Waals surface area (Å²) in [5.41, 5.74) is 1.14. The van der Waals surface area contributed by atoms with Crippen molar-refractivity contribution in [3.63, 3.8) is 0 Å². The predicted molar refractivity (Wildman–Crippen MR) is 107 cm³/mol. The fourth-order valence-electron chi connectivity index (χ4n) is 4.32. The van der Waals surface area contributed by atoms with E-state index in [1.807, 2.05) is 49.2 Å². The Bertz CT molecular complexity index is 620. The smallest absolute Gasteiger partial charge is 0.239 e. The number of rotatable bonds is 5. The van der Waals surface area contributed by atoms with Crippen molar-refractivity contribution < 1.29 is 9.59 Å². The predicted octanol–water partition coefficient (Wildman–Crippen LogP) is 2.76. The van der Waals surface area contributed by atoms with Crippen LogP contribution in [0, 0.1) is 5.92 Å². The number of likely N-dealkylation sites (tertiary alicyclic amines) is 2. The van der Waals surface area contributed by atoms with Crippen LogP contribution >= 0.6 is 0 Å². The number of hydrogen-bond acceptors (Lipinski definition) is 3. The average molecular weight is 372 g/mol. The van der Waals surface area contributed by atoms with Gasteiger partial charge >= 0.3 is 0 Å². The lowest BCUT2D eigenvalue weighted by Crippen LogP contribution is -2.50. The van der Waals surface area contributed by atoms with Crippen LogP contribution in [0.25, 0.3) is 0 Å². The average Bonchev–Trinajstić information content (AvgIpc) is 2.73. The highest BCUT2D eigenvalue weighted by molar-refractivity contribution is 5.81. The van der Waals surface area contributed by atoms with E-state index >= 15 is 0 Å².